The Morgan fingerprint density at radius 3 is 2.22 bits per heavy atom. The third kappa shape index (κ3) is 1.97. The SMILES string of the molecule is [CH3][Sn]([CH3])([CH3])[c]1cccs1. The van der Waals surface area contributed by atoms with Crippen LogP contribution in [0.3, 0.4) is 0 Å². The molecule has 1 aromatic heterocycles. The first-order valence-electron chi connectivity index (χ1n) is 3.15. The standard InChI is InChI=1S/C4H3S.3CH3.Sn/c1-2-4-5-3-1;;;;/h1-3H;3*1H3;. The number of hydrogen-bond acceptors (Lipinski definition) is 1. The van der Waals surface area contributed by atoms with Gasteiger partial charge in [-0.05, 0) is 0 Å². The van der Waals surface area contributed by atoms with E-state index >= 15 is 0 Å². The molecule has 1 aromatic rings. The molecule has 0 N–H and O–H groups in total. The molecule has 0 fully saturated rings. The van der Waals surface area contributed by atoms with Crippen LogP contribution in [-0.2, 0) is 0 Å². The van der Waals surface area contributed by atoms with Crippen LogP contribution in [0.15, 0.2) is 17.5 Å². The summed E-state index contributed by atoms with van der Waals surface area (Å²) in [6.07, 6.45) is 0. The first-order valence-corrected chi connectivity index (χ1v) is 14.0. The molecular weight excluding hydrogens is 235 g/mol. The van der Waals surface area contributed by atoms with Gasteiger partial charge in [0.15, 0.2) is 0 Å². The molecule has 0 spiro atoms. The molecule has 0 saturated heterocycles. The predicted octanol–water partition coefficient (Wildman–Crippen LogP) is 2.29. The minimum absolute atomic E-state index is 1.63. The molecule has 0 radical (unpaired) electrons. The van der Waals surface area contributed by atoms with Crippen molar-refractivity contribution in [3.63, 3.8) is 0 Å². The van der Waals surface area contributed by atoms with Crippen LogP contribution < -0.4 is 2.89 Å². The van der Waals surface area contributed by atoms with Crippen molar-refractivity contribution in [3.05, 3.63) is 17.5 Å². The number of rotatable bonds is 1. The molecule has 0 aliphatic carbocycles. The number of hydrogen-bond donors (Lipinski definition) is 0. The monoisotopic (exact) mass is 248 g/mol. The van der Waals surface area contributed by atoms with Gasteiger partial charge >= 0.3 is 64.9 Å². The van der Waals surface area contributed by atoms with E-state index in [1.807, 2.05) is 11.3 Å². The average Bonchev–Trinajstić information content (AvgIpc) is 2.08. The van der Waals surface area contributed by atoms with Crippen molar-refractivity contribution in [3.8, 4) is 0 Å². The van der Waals surface area contributed by atoms with Crippen LogP contribution in [0.25, 0.3) is 0 Å². The van der Waals surface area contributed by atoms with E-state index in [0.717, 1.165) is 0 Å². The molecule has 0 aliphatic rings. The molecule has 2 heteroatoms. The van der Waals surface area contributed by atoms with Crippen molar-refractivity contribution in [2.75, 3.05) is 0 Å². The van der Waals surface area contributed by atoms with E-state index in [-0.39, 0.29) is 0 Å². The second-order valence-corrected chi connectivity index (χ2v) is 19.6. The summed E-state index contributed by atoms with van der Waals surface area (Å²) in [4.78, 5) is 7.33. The van der Waals surface area contributed by atoms with Gasteiger partial charge in [0.05, 0.1) is 0 Å². The van der Waals surface area contributed by atoms with Gasteiger partial charge in [-0.2, -0.15) is 0 Å². The Hall–Kier alpha value is 0.499. The van der Waals surface area contributed by atoms with Crippen molar-refractivity contribution in [2.24, 2.45) is 0 Å². The van der Waals surface area contributed by atoms with Crippen LogP contribution in [0.4, 0.5) is 0 Å². The van der Waals surface area contributed by atoms with E-state index in [9.17, 15) is 0 Å². The second-order valence-electron chi connectivity index (χ2n) is 3.23. The summed E-state index contributed by atoms with van der Waals surface area (Å²) in [6.45, 7) is 0. The van der Waals surface area contributed by atoms with E-state index in [1.54, 1.807) is 2.89 Å². The Morgan fingerprint density at radius 2 is 2.00 bits per heavy atom. The Labute approximate surface area is 64.8 Å². The van der Waals surface area contributed by atoms with Crippen molar-refractivity contribution in [1.29, 1.82) is 0 Å². The van der Waals surface area contributed by atoms with Crippen LogP contribution in [0, 0.1) is 0 Å². The van der Waals surface area contributed by atoms with Crippen molar-refractivity contribution in [2.45, 2.75) is 14.8 Å². The maximum atomic E-state index is 2.44. The van der Waals surface area contributed by atoms with E-state index in [4.69, 9.17) is 0 Å². The third-order valence-electron chi connectivity index (χ3n) is 1.26. The Bertz CT molecular complexity index is 171. The molecular formula is C7H12SSn. The van der Waals surface area contributed by atoms with E-state index in [1.165, 1.54) is 0 Å². The summed E-state index contributed by atoms with van der Waals surface area (Å²) in [5.74, 6) is 0. The molecule has 0 atom stereocenters. The zero-order valence-corrected chi connectivity index (χ0v) is 9.81. The summed E-state index contributed by atoms with van der Waals surface area (Å²) in [6, 6.07) is 4.43. The van der Waals surface area contributed by atoms with Gasteiger partial charge in [-0.1, -0.05) is 0 Å². The topological polar surface area (TPSA) is 0 Å². The van der Waals surface area contributed by atoms with Crippen molar-refractivity contribution >= 4 is 32.6 Å². The third-order valence-corrected chi connectivity index (χ3v) is 11.8. The first kappa shape index (κ1) is 7.60. The Balaban J connectivity index is 2.90. The molecule has 1 heterocycles. The van der Waals surface area contributed by atoms with Crippen molar-refractivity contribution < 1.29 is 0 Å². The normalized spacial score (nSPS) is 11.9. The molecule has 0 aliphatic heterocycles. The van der Waals surface area contributed by atoms with Gasteiger partial charge in [0.2, 0.25) is 0 Å². The van der Waals surface area contributed by atoms with Gasteiger partial charge in [-0.15, -0.1) is 0 Å². The summed E-state index contributed by atoms with van der Waals surface area (Å²) in [5.41, 5.74) is 0. The molecule has 0 aromatic carbocycles. The zero-order chi connectivity index (χ0) is 6.91. The van der Waals surface area contributed by atoms with Gasteiger partial charge in [-0.25, -0.2) is 0 Å². The molecule has 0 unspecified atom stereocenters. The van der Waals surface area contributed by atoms with E-state index in [2.05, 4.69) is 32.3 Å². The van der Waals surface area contributed by atoms with Gasteiger partial charge in [0, 0.05) is 0 Å². The molecule has 9 heavy (non-hydrogen) atoms. The quantitative estimate of drug-likeness (QED) is 0.668. The molecule has 0 bridgehead atoms. The van der Waals surface area contributed by atoms with E-state index < -0.39 is 18.4 Å². The summed E-state index contributed by atoms with van der Waals surface area (Å²) < 4.78 is 1.67. The summed E-state index contributed by atoms with van der Waals surface area (Å²) in [7, 11) is 0. The van der Waals surface area contributed by atoms with Crippen LogP contribution in [0.1, 0.15) is 0 Å². The van der Waals surface area contributed by atoms with E-state index in [0.29, 0.717) is 0 Å². The van der Waals surface area contributed by atoms with Gasteiger partial charge < -0.3 is 0 Å². The fourth-order valence-electron chi connectivity index (χ4n) is 0.705. The maximum absolute atomic E-state index is 2.44. The van der Waals surface area contributed by atoms with Gasteiger partial charge in [0.25, 0.3) is 0 Å². The molecule has 0 amide bonds. The molecule has 0 saturated carbocycles. The molecule has 1 rings (SSSR count). The first-order chi connectivity index (χ1) is 4.11. The predicted molar refractivity (Wildman–Crippen MR) is 47.3 cm³/mol. The van der Waals surface area contributed by atoms with Crippen LogP contribution in [0.5, 0.6) is 0 Å². The Morgan fingerprint density at radius 1 is 1.33 bits per heavy atom. The van der Waals surface area contributed by atoms with Gasteiger partial charge in [0.1, 0.15) is 0 Å². The van der Waals surface area contributed by atoms with Crippen LogP contribution >= 0.6 is 11.3 Å². The fraction of sp³-hybridized carbons (Fsp3) is 0.429. The molecule has 50 valence electrons. The molecule has 0 nitrogen and oxygen atoms in total. The minimum atomic E-state index is -1.63. The summed E-state index contributed by atoms with van der Waals surface area (Å²) >= 11 is 0.293. The van der Waals surface area contributed by atoms with Gasteiger partial charge in [-0.3, -0.25) is 0 Å². The second kappa shape index (κ2) is 2.62. The van der Waals surface area contributed by atoms with Crippen LogP contribution in [-0.4, -0.2) is 18.4 Å². The summed E-state index contributed by atoms with van der Waals surface area (Å²) in [5, 5.41) is 2.18. The fourth-order valence-corrected chi connectivity index (χ4v) is 6.83. The average molecular weight is 247 g/mol. The zero-order valence-electron chi connectivity index (χ0n) is 6.14. The Kier molecular flexibility index (Phi) is 2.22. The number of thiophene rings is 1. The van der Waals surface area contributed by atoms with Crippen molar-refractivity contribution in [1.82, 2.24) is 0 Å². The van der Waals surface area contributed by atoms with Crippen LogP contribution in [0.2, 0.25) is 14.8 Å².